The van der Waals surface area contributed by atoms with E-state index in [0.717, 1.165) is 22.4 Å². The van der Waals surface area contributed by atoms with Crippen LogP contribution in [0.4, 0.5) is 0 Å². The topological polar surface area (TPSA) is 50.3 Å². The number of carbonyl (C=O) groups excluding carboxylic acids is 2. The van der Waals surface area contributed by atoms with Crippen LogP contribution in [0.3, 0.4) is 0 Å². The van der Waals surface area contributed by atoms with Gasteiger partial charge in [0.1, 0.15) is 0 Å². The van der Waals surface area contributed by atoms with Crippen molar-refractivity contribution in [1.82, 2.24) is 9.88 Å². The van der Waals surface area contributed by atoms with Crippen LogP contribution in [0.2, 0.25) is 0 Å². The highest BCUT2D eigenvalue weighted by Crippen LogP contribution is 2.43. The van der Waals surface area contributed by atoms with E-state index in [1.165, 1.54) is 33.7 Å². The van der Waals surface area contributed by atoms with Crippen LogP contribution >= 0.6 is 0 Å². The van der Waals surface area contributed by atoms with Gasteiger partial charge in [-0.05, 0) is 46.9 Å². The molecule has 1 aliphatic heterocycles. The van der Waals surface area contributed by atoms with Crippen LogP contribution in [-0.4, -0.2) is 21.7 Å². The minimum absolute atomic E-state index is 0.00528. The van der Waals surface area contributed by atoms with Crippen LogP contribution in [0.5, 0.6) is 0 Å². The van der Waals surface area contributed by atoms with Crippen molar-refractivity contribution >= 4 is 17.4 Å². The molecule has 2 heterocycles. The van der Waals surface area contributed by atoms with Gasteiger partial charge < -0.3 is 0 Å². The number of allylic oxidation sites excluding steroid dienone is 2. The SMILES string of the molecule is C=C(c1ccc(CN2C(=O)C=CC2=O)cn1)c1cc2c(cc1C)C(C)(C)C=CC2(C)C. The highest BCUT2D eigenvalue weighted by atomic mass is 16.2. The molecule has 0 unspecified atom stereocenters. The molecule has 0 radical (unpaired) electrons. The fraction of sp³-hybridized carbons (Fsp3) is 0.296. The maximum Gasteiger partial charge on any atom is 0.253 e. The number of benzene rings is 1. The van der Waals surface area contributed by atoms with Gasteiger partial charge in [-0.3, -0.25) is 19.5 Å². The number of fused-ring (bicyclic) bond motifs is 1. The number of hydrogen-bond acceptors (Lipinski definition) is 3. The van der Waals surface area contributed by atoms with Crippen LogP contribution in [0.25, 0.3) is 5.57 Å². The van der Waals surface area contributed by atoms with E-state index in [4.69, 9.17) is 0 Å². The molecule has 0 N–H and O–H groups in total. The molecule has 158 valence electrons. The minimum Gasteiger partial charge on any atom is -0.271 e. The highest BCUT2D eigenvalue weighted by Gasteiger charge is 2.33. The Morgan fingerprint density at radius 3 is 2.10 bits per heavy atom. The molecular formula is C27H28N2O2. The lowest BCUT2D eigenvalue weighted by atomic mass is 9.67. The van der Waals surface area contributed by atoms with Gasteiger partial charge in [0.2, 0.25) is 0 Å². The number of aryl methyl sites for hydroxylation is 1. The van der Waals surface area contributed by atoms with Crippen molar-refractivity contribution in [3.05, 3.63) is 94.9 Å². The van der Waals surface area contributed by atoms with Gasteiger partial charge in [0, 0.05) is 34.8 Å². The molecule has 4 nitrogen and oxygen atoms in total. The predicted octanol–water partition coefficient (Wildman–Crippen LogP) is 5.00. The van der Waals surface area contributed by atoms with Crippen molar-refractivity contribution in [2.45, 2.75) is 52.0 Å². The largest absolute Gasteiger partial charge is 0.271 e. The van der Waals surface area contributed by atoms with Crippen molar-refractivity contribution in [3.8, 4) is 0 Å². The first-order chi connectivity index (χ1) is 14.5. The molecule has 1 aromatic carbocycles. The molecule has 4 rings (SSSR count). The average Bonchev–Trinajstić information content (AvgIpc) is 3.03. The van der Waals surface area contributed by atoms with E-state index in [-0.39, 0.29) is 29.2 Å². The van der Waals surface area contributed by atoms with E-state index in [1.807, 2.05) is 12.1 Å². The van der Waals surface area contributed by atoms with Crippen molar-refractivity contribution < 1.29 is 9.59 Å². The fourth-order valence-corrected chi connectivity index (χ4v) is 4.30. The molecule has 4 heteroatoms. The Labute approximate surface area is 184 Å². The molecule has 0 spiro atoms. The Morgan fingerprint density at radius 1 is 0.968 bits per heavy atom. The zero-order valence-electron chi connectivity index (χ0n) is 18.8. The first-order valence-electron chi connectivity index (χ1n) is 10.5. The number of amides is 2. The summed E-state index contributed by atoms with van der Waals surface area (Å²) < 4.78 is 0. The molecule has 0 saturated carbocycles. The molecule has 1 aromatic heterocycles. The van der Waals surface area contributed by atoms with Crippen LogP contribution < -0.4 is 0 Å². The summed E-state index contributed by atoms with van der Waals surface area (Å²) in [6.07, 6.45) is 8.89. The summed E-state index contributed by atoms with van der Waals surface area (Å²) >= 11 is 0. The second-order valence-electron chi connectivity index (χ2n) is 9.62. The molecule has 2 aliphatic rings. The first kappa shape index (κ1) is 21.0. The molecule has 0 atom stereocenters. The zero-order chi connectivity index (χ0) is 22.6. The van der Waals surface area contributed by atoms with Gasteiger partial charge in [0.05, 0.1) is 12.2 Å². The number of carbonyl (C=O) groups is 2. The molecule has 0 fully saturated rings. The normalized spacial score (nSPS) is 18.4. The van der Waals surface area contributed by atoms with E-state index >= 15 is 0 Å². The standard InChI is InChI=1S/C27H28N2O2/c1-17-13-21-22(27(5,6)12-11-26(21,3)4)14-20(17)18(2)23-8-7-19(15-28-23)16-29-24(30)9-10-25(29)31/h7-15H,2,16H2,1,3-6H3. The Morgan fingerprint density at radius 2 is 1.55 bits per heavy atom. The van der Waals surface area contributed by atoms with E-state index in [2.05, 4.69) is 70.5 Å². The van der Waals surface area contributed by atoms with E-state index in [9.17, 15) is 9.59 Å². The smallest absolute Gasteiger partial charge is 0.253 e. The Kier molecular flexibility index (Phi) is 4.84. The Hall–Kier alpha value is -3.27. The van der Waals surface area contributed by atoms with Gasteiger partial charge in [0.25, 0.3) is 11.8 Å². The quantitative estimate of drug-likeness (QED) is 0.524. The lowest BCUT2D eigenvalue weighted by Crippen LogP contribution is -2.29. The first-order valence-corrected chi connectivity index (χ1v) is 10.5. The summed E-state index contributed by atoms with van der Waals surface area (Å²) in [5, 5.41) is 0. The van der Waals surface area contributed by atoms with Gasteiger partial charge in [-0.2, -0.15) is 0 Å². The third-order valence-corrected chi connectivity index (χ3v) is 6.37. The van der Waals surface area contributed by atoms with Crippen LogP contribution in [0, 0.1) is 6.92 Å². The molecular weight excluding hydrogens is 384 g/mol. The summed E-state index contributed by atoms with van der Waals surface area (Å²) in [6, 6.07) is 8.36. The maximum absolute atomic E-state index is 11.8. The lowest BCUT2D eigenvalue weighted by molar-refractivity contribution is -0.137. The Bertz CT molecular complexity index is 1150. The summed E-state index contributed by atoms with van der Waals surface area (Å²) in [5.74, 6) is -0.578. The monoisotopic (exact) mass is 412 g/mol. The second kappa shape index (κ2) is 7.16. The molecule has 31 heavy (non-hydrogen) atoms. The van der Waals surface area contributed by atoms with Gasteiger partial charge in [-0.25, -0.2) is 0 Å². The fourth-order valence-electron chi connectivity index (χ4n) is 4.30. The molecule has 0 bridgehead atoms. The van der Waals surface area contributed by atoms with Crippen molar-refractivity contribution in [3.63, 3.8) is 0 Å². The number of aromatic nitrogens is 1. The minimum atomic E-state index is -0.289. The highest BCUT2D eigenvalue weighted by molar-refractivity contribution is 6.12. The Balaban J connectivity index is 1.63. The molecule has 1 aliphatic carbocycles. The number of hydrogen-bond donors (Lipinski definition) is 0. The molecule has 2 amide bonds. The summed E-state index contributed by atoms with van der Waals surface area (Å²) in [4.78, 5) is 29.3. The van der Waals surface area contributed by atoms with E-state index in [0.29, 0.717) is 0 Å². The van der Waals surface area contributed by atoms with Crippen LogP contribution in [-0.2, 0) is 27.0 Å². The summed E-state index contributed by atoms with van der Waals surface area (Å²) in [6.45, 7) is 15.6. The van der Waals surface area contributed by atoms with Gasteiger partial charge in [0.15, 0.2) is 0 Å². The third kappa shape index (κ3) is 3.67. The maximum atomic E-state index is 11.8. The predicted molar refractivity (Wildman–Crippen MR) is 123 cm³/mol. The zero-order valence-corrected chi connectivity index (χ0v) is 18.8. The van der Waals surface area contributed by atoms with Crippen molar-refractivity contribution in [2.24, 2.45) is 0 Å². The average molecular weight is 413 g/mol. The number of imide groups is 1. The van der Waals surface area contributed by atoms with Crippen molar-refractivity contribution in [1.29, 1.82) is 0 Å². The summed E-state index contributed by atoms with van der Waals surface area (Å²) in [5.41, 5.74) is 7.33. The van der Waals surface area contributed by atoms with Gasteiger partial charge >= 0.3 is 0 Å². The van der Waals surface area contributed by atoms with Crippen LogP contribution in [0.15, 0.2) is 61.3 Å². The molecule has 2 aromatic rings. The van der Waals surface area contributed by atoms with Crippen LogP contribution in [0.1, 0.15) is 61.2 Å². The number of pyridine rings is 1. The van der Waals surface area contributed by atoms with Gasteiger partial charge in [-0.1, -0.05) is 58.6 Å². The van der Waals surface area contributed by atoms with Crippen molar-refractivity contribution in [2.75, 3.05) is 0 Å². The van der Waals surface area contributed by atoms with Gasteiger partial charge in [-0.15, -0.1) is 0 Å². The lowest BCUT2D eigenvalue weighted by Gasteiger charge is -2.37. The third-order valence-electron chi connectivity index (χ3n) is 6.37. The number of rotatable bonds is 4. The molecule has 0 saturated heterocycles. The summed E-state index contributed by atoms with van der Waals surface area (Å²) in [7, 11) is 0. The van der Waals surface area contributed by atoms with E-state index in [1.54, 1.807) is 6.20 Å². The second-order valence-corrected chi connectivity index (χ2v) is 9.62. The number of nitrogens with zero attached hydrogens (tertiary/aromatic N) is 2. The van der Waals surface area contributed by atoms with E-state index < -0.39 is 0 Å².